The van der Waals surface area contributed by atoms with Gasteiger partial charge in [0.15, 0.2) is 5.96 Å². The van der Waals surface area contributed by atoms with Crippen molar-refractivity contribution in [1.29, 1.82) is 0 Å². The third-order valence-corrected chi connectivity index (χ3v) is 4.18. The van der Waals surface area contributed by atoms with Crippen LogP contribution in [-0.2, 0) is 17.8 Å². The Hall–Kier alpha value is -2.07. The van der Waals surface area contributed by atoms with Gasteiger partial charge in [-0.3, -0.25) is 4.99 Å². The zero-order valence-electron chi connectivity index (χ0n) is 18.2. The molecule has 0 amide bonds. The van der Waals surface area contributed by atoms with Crippen molar-refractivity contribution in [2.24, 2.45) is 4.99 Å². The Morgan fingerprint density at radius 2 is 1.80 bits per heavy atom. The third kappa shape index (κ3) is 8.74. The first-order valence-electron chi connectivity index (χ1n) is 9.90. The van der Waals surface area contributed by atoms with Crippen LogP contribution in [0.3, 0.4) is 0 Å². The lowest BCUT2D eigenvalue weighted by molar-refractivity contribution is 0.143. The predicted molar refractivity (Wildman–Crippen MR) is 131 cm³/mol. The van der Waals surface area contributed by atoms with Crippen molar-refractivity contribution in [2.75, 3.05) is 34.0 Å². The number of hydrogen-bond donors (Lipinski definition) is 2. The summed E-state index contributed by atoms with van der Waals surface area (Å²) in [6.07, 6.45) is 2.69. The average Bonchev–Trinajstić information content (AvgIpc) is 2.74. The molecule has 30 heavy (non-hydrogen) atoms. The van der Waals surface area contributed by atoms with E-state index in [2.05, 4.69) is 52.7 Å². The van der Waals surface area contributed by atoms with Crippen LogP contribution in [0.2, 0.25) is 0 Å². The lowest BCUT2D eigenvalue weighted by atomic mass is 10.1. The van der Waals surface area contributed by atoms with Crippen LogP contribution in [0.5, 0.6) is 11.6 Å². The van der Waals surface area contributed by atoms with Gasteiger partial charge in [0.2, 0.25) is 5.88 Å². The predicted octanol–water partition coefficient (Wildman–Crippen LogP) is 3.69. The maximum absolute atomic E-state index is 5.89. The van der Waals surface area contributed by atoms with Crippen LogP contribution in [0.1, 0.15) is 30.0 Å². The summed E-state index contributed by atoms with van der Waals surface area (Å²) in [7, 11) is 3.39. The topological polar surface area (TPSA) is 77.0 Å². The van der Waals surface area contributed by atoms with Gasteiger partial charge >= 0.3 is 0 Å². The van der Waals surface area contributed by atoms with Gasteiger partial charge in [-0.2, -0.15) is 0 Å². The smallest absolute Gasteiger partial charge is 0.218 e. The molecular weight excluding hydrogens is 495 g/mol. The lowest BCUT2D eigenvalue weighted by Gasteiger charge is -2.16. The fourth-order valence-corrected chi connectivity index (χ4v) is 2.64. The van der Waals surface area contributed by atoms with E-state index in [1.165, 1.54) is 5.56 Å². The highest BCUT2D eigenvalue weighted by molar-refractivity contribution is 14.0. The molecule has 0 aliphatic carbocycles. The molecule has 0 bridgehead atoms. The number of nitrogens with zero attached hydrogens (tertiary/aromatic N) is 2. The molecule has 166 valence electrons. The average molecular weight is 528 g/mol. The molecule has 0 fully saturated rings. The number of pyridine rings is 1. The summed E-state index contributed by atoms with van der Waals surface area (Å²) in [5, 5.41) is 6.65. The minimum atomic E-state index is 0. The lowest BCUT2D eigenvalue weighted by Crippen LogP contribution is -2.36. The molecule has 2 rings (SSSR count). The zero-order valence-corrected chi connectivity index (χ0v) is 20.6. The molecule has 0 unspecified atom stereocenters. The van der Waals surface area contributed by atoms with Gasteiger partial charge < -0.3 is 24.8 Å². The first kappa shape index (κ1) is 26.0. The number of hydrogen-bond acceptors (Lipinski definition) is 5. The Bertz CT molecular complexity index is 787. The molecule has 0 aliphatic heterocycles. The second-order valence-electron chi connectivity index (χ2n) is 6.55. The van der Waals surface area contributed by atoms with Gasteiger partial charge in [0.05, 0.1) is 13.2 Å². The normalized spacial score (nSPS) is 10.9. The van der Waals surface area contributed by atoms with Gasteiger partial charge in [-0.05, 0) is 31.0 Å². The van der Waals surface area contributed by atoms with Crippen molar-refractivity contribution in [3.05, 3.63) is 53.2 Å². The van der Waals surface area contributed by atoms with Gasteiger partial charge in [-0.25, -0.2) is 4.98 Å². The summed E-state index contributed by atoms with van der Waals surface area (Å²) < 4.78 is 16.6. The number of halogens is 1. The standard InChI is InChI=1S/C22H32N4O3.HI/c1-5-11-28-20-14-17(2)8-9-18(20)15-25-22(23-3)26-16-19-7-6-10-24-21(19)29-13-12-27-4;/h6-10,14H,5,11-13,15-16H2,1-4H3,(H2,23,25,26);1H. The first-order valence-corrected chi connectivity index (χ1v) is 9.90. The minimum absolute atomic E-state index is 0. The van der Waals surface area contributed by atoms with Crippen molar-refractivity contribution in [3.8, 4) is 11.6 Å². The zero-order chi connectivity index (χ0) is 20.9. The van der Waals surface area contributed by atoms with E-state index in [0.29, 0.717) is 44.7 Å². The number of aryl methyl sites for hydroxylation is 1. The fourth-order valence-electron chi connectivity index (χ4n) is 2.64. The molecule has 1 heterocycles. The van der Waals surface area contributed by atoms with E-state index in [4.69, 9.17) is 14.2 Å². The summed E-state index contributed by atoms with van der Waals surface area (Å²) >= 11 is 0. The maximum atomic E-state index is 5.89. The molecule has 0 saturated heterocycles. The molecule has 0 radical (unpaired) electrons. The van der Waals surface area contributed by atoms with E-state index < -0.39 is 0 Å². The molecule has 0 aliphatic rings. The number of methoxy groups -OCH3 is 1. The van der Waals surface area contributed by atoms with Gasteiger partial charge in [0.25, 0.3) is 0 Å². The van der Waals surface area contributed by atoms with Gasteiger partial charge in [0, 0.05) is 44.6 Å². The largest absolute Gasteiger partial charge is 0.493 e. The van der Waals surface area contributed by atoms with Crippen molar-refractivity contribution in [3.63, 3.8) is 0 Å². The molecule has 2 aromatic rings. The molecule has 0 atom stereocenters. The Morgan fingerprint density at radius 1 is 1.03 bits per heavy atom. The summed E-state index contributed by atoms with van der Waals surface area (Å²) in [5.41, 5.74) is 3.23. The molecule has 0 spiro atoms. The van der Waals surface area contributed by atoms with E-state index in [0.717, 1.165) is 23.3 Å². The summed E-state index contributed by atoms with van der Waals surface area (Å²) in [5.74, 6) is 2.20. The molecule has 2 N–H and O–H groups in total. The van der Waals surface area contributed by atoms with Crippen molar-refractivity contribution >= 4 is 29.9 Å². The Morgan fingerprint density at radius 3 is 2.50 bits per heavy atom. The molecular formula is C22H33IN4O3. The second-order valence-corrected chi connectivity index (χ2v) is 6.55. The van der Waals surface area contributed by atoms with Crippen LogP contribution >= 0.6 is 24.0 Å². The van der Waals surface area contributed by atoms with Gasteiger partial charge in [0.1, 0.15) is 12.4 Å². The van der Waals surface area contributed by atoms with E-state index in [1.807, 2.05) is 12.1 Å². The first-order chi connectivity index (χ1) is 14.2. The van der Waals surface area contributed by atoms with Crippen LogP contribution in [0.4, 0.5) is 0 Å². The highest BCUT2D eigenvalue weighted by Gasteiger charge is 2.08. The van der Waals surface area contributed by atoms with Crippen LogP contribution in [0, 0.1) is 6.92 Å². The molecule has 1 aromatic carbocycles. The highest BCUT2D eigenvalue weighted by atomic mass is 127. The third-order valence-electron chi connectivity index (χ3n) is 4.18. The molecule has 1 aromatic heterocycles. The van der Waals surface area contributed by atoms with E-state index in [1.54, 1.807) is 20.4 Å². The van der Waals surface area contributed by atoms with E-state index in [-0.39, 0.29) is 24.0 Å². The Labute approximate surface area is 196 Å². The van der Waals surface area contributed by atoms with Crippen molar-refractivity contribution in [2.45, 2.75) is 33.4 Å². The van der Waals surface area contributed by atoms with Crippen molar-refractivity contribution < 1.29 is 14.2 Å². The van der Waals surface area contributed by atoms with Crippen LogP contribution in [0.25, 0.3) is 0 Å². The van der Waals surface area contributed by atoms with E-state index >= 15 is 0 Å². The summed E-state index contributed by atoms with van der Waals surface area (Å²) in [6.45, 7) is 7.01. The quantitative estimate of drug-likeness (QED) is 0.201. The Balaban J connectivity index is 0.00000450. The number of nitrogens with one attached hydrogen (secondary N) is 2. The number of aromatic nitrogens is 1. The SMILES string of the molecule is CCCOc1cc(C)ccc1CNC(=NC)NCc1cccnc1OCCOC.I. The Kier molecular flexibility index (Phi) is 12.8. The number of ether oxygens (including phenoxy) is 3. The monoisotopic (exact) mass is 528 g/mol. The maximum Gasteiger partial charge on any atom is 0.218 e. The summed E-state index contributed by atoms with van der Waals surface area (Å²) in [6, 6.07) is 10.1. The van der Waals surface area contributed by atoms with Crippen molar-refractivity contribution in [1.82, 2.24) is 15.6 Å². The van der Waals surface area contributed by atoms with Gasteiger partial charge in [-0.1, -0.05) is 25.1 Å². The van der Waals surface area contributed by atoms with Crippen LogP contribution in [0.15, 0.2) is 41.5 Å². The molecule has 0 saturated carbocycles. The number of aliphatic imine (C=N–C) groups is 1. The fraction of sp³-hybridized carbons (Fsp3) is 0.455. The number of benzene rings is 1. The molecule has 8 heteroatoms. The van der Waals surface area contributed by atoms with Crippen LogP contribution in [-0.4, -0.2) is 44.9 Å². The van der Waals surface area contributed by atoms with E-state index in [9.17, 15) is 0 Å². The highest BCUT2D eigenvalue weighted by Crippen LogP contribution is 2.20. The van der Waals surface area contributed by atoms with Gasteiger partial charge in [-0.15, -0.1) is 24.0 Å². The number of rotatable bonds is 11. The minimum Gasteiger partial charge on any atom is -0.493 e. The molecule has 7 nitrogen and oxygen atoms in total. The second kappa shape index (κ2) is 14.8. The summed E-state index contributed by atoms with van der Waals surface area (Å²) in [4.78, 5) is 8.61. The van der Waals surface area contributed by atoms with Crippen LogP contribution < -0.4 is 20.1 Å². The number of guanidine groups is 1.